The van der Waals surface area contributed by atoms with Gasteiger partial charge in [-0.25, -0.2) is 12.8 Å². The third-order valence-corrected chi connectivity index (χ3v) is 10.6. The van der Waals surface area contributed by atoms with E-state index in [-0.39, 0.29) is 24.0 Å². The van der Waals surface area contributed by atoms with Crippen LogP contribution in [0.2, 0.25) is 0 Å². The van der Waals surface area contributed by atoms with E-state index >= 15 is 0 Å². The molecular weight excluding hydrogens is 543 g/mol. The van der Waals surface area contributed by atoms with Crippen molar-refractivity contribution in [1.29, 1.82) is 0 Å². The molecule has 2 N–H and O–H groups in total. The zero-order valence-corrected chi connectivity index (χ0v) is 24.0. The van der Waals surface area contributed by atoms with Crippen molar-refractivity contribution in [3.8, 4) is 0 Å². The lowest BCUT2D eigenvalue weighted by Gasteiger charge is -2.24. The first kappa shape index (κ1) is 27.7. The average molecular weight is 579 g/mol. The van der Waals surface area contributed by atoms with E-state index in [1.54, 1.807) is 18.2 Å². The Morgan fingerprint density at radius 1 is 1.05 bits per heavy atom. The second-order valence-corrected chi connectivity index (χ2v) is 13.6. The molecule has 1 aromatic heterocycles. The number of halogens is 1. The number of fused-ring (bicyclic) bond motifs is 2. The molecule has 0 bridgehead atoms. The molecule has 1 aromatic carbocycles. The molecule has 3 aliphatic heterocycles. The van der Waals surface area contributed by atoms with Crippen LogP contribution in [0.1, 0.15) is 58.6 Å². The molecule has 10 heteroatoms. The number of benzene rings is 1. The van der Waals surface area contributed by atoms with Crippen LogP contribution < -0.4 is 5.32 Å². The van der Waals surface area contributed by atoms with E-state index in [0.717, 1.165) is 50.3 Å². The molecule has 6 rings (SSSR count). The molecule has 0 spiro atoms. The molecule has 2 aromatic rings. The van der Waals surface area contributed by atoms with Gasteiger partial charge in [0.25, 0.3) is 11.8 Å². The number of aromatic nitrogens is 1. The van der Waals surface area contributed by atoms with Crippen molar-refractivity contribution in [3.05, 3.63) is 87.2 Å². The number of hydrogen-bond donors (Lipinski definition) is 2. The quantitative estimate of drug-likeness (QED) is 0.489. The molecule has 2 fully saturated rings. The summed E-state index contributed by atoms with van der Waals surface area (Å²) < 4.78 is 39.8. The van der Waals surface area contributed by atoms with Crippen LogP contribution in [0.4, 0.5) is 4.39 Å². The second-order valence-electron chi connectivity index (χ2n) is 11.4. The van der Waals surface area contributed by atoms with Gasteiger partial charge in [0.15, 0.2) is 9.84 Å². The summed E-state index contributed by atoms with van der Waals surface area (Å²) in [6.45, 7) is 6.40. The van der Waals surface area contributed by atoms with E-state index in [4.69, 9.17) is 0 Å². The fourth-order valence-electron chi connectivity index (χ4n) is 6.30. The summed E-state index contributed by atoms with van der Waals surface area (Å²) in [5.41, 5.74) is 5.09. The number of carbonyl (C=O) groups is 2. The fraction of sp³-hybridized carbons (Fsp3) is 0.419. The van der Waals surface area contributed by atoms with E-state index < -0.39 is 20.9 Å². The van der Waals surface area contributed by atoms with E-state index in [1.165, 1.54) is 37.1 Å². The first-order valence-electron chi connectivity index (χ1n) is 14.3. The highest BCUT2D eigenvalue weighted by atomic mass is 32.2. The standard InChI is InChI=1S/C31H35FN4O4S/c1-20-28(33-27-5-4-14-36(31(38)29(20)27)16-15-35-12-2-3-13-35)18-25-24-17-23(10-11-26(24)34-30(25)37)41(39,40)19-21-6-8-22(32)9-7-21/h6-9,11,17-18,23,33H,2-5,10,12-16,19H2,1H3,(H,34,37)/b25-18-. The zero-order chi connectivity index (χ0) is 28.7. The monoisotopic (exact) mass is 578 g/mol. The van der Waals surface area contributed by atoms with E-state index in [0.29, 0.717) is 40.2 Å². The van der Waals surface area contributed by atoms with Crippen LogP contribution in [0.15, 0.2) is 53.3 Å². The van der Waals surface area contributed by atoms with Gasteiger partial charge in [0.05, 0.1) is 22.1 Å². The number of hydrogen-bond acceptors (Lipinski definition) is 5. The van der Waals surface area contributed by atoms with E-state index in [2.05, 4.69) is 15.2 Å². The molecule has 2 amide bonds. The second kappa shape index (κ2) is 11.1. The summed E-state index contributed by atoms with van der Waals surface area (Å²) in [7, 11) is -3.61. The topological polar surface area (TPSA) is 103 Å². The van der Waals surface area contributed by atoms with Crippen LogP contribution in [0.5, 0.6) is 0 Å². The Hall–Kier alpha value is -3.50. The predicted octanol–water partition coefficient (Wildman–Crippen LogP) is 3.66. The van der Waals surface area contributed by atoms with Crippen molar-refractivity contribution in [3.63, 3.8) is 0 Å². The van der Waals surface area contributed by atoms with Crippen molar-refractivity contribution < 1.29 is 22.4 Å². The van der Waals surface area contributed by atoms with Gasteiger partial charge in [0.2, 0.25) is 0 Å². The highest BCUT2D eigenvalue weighted by Crippen LogP contribution is 2.35. The molecule has 2 saturated heterocycles. The molecule has 216 valence electrons. The predicted molar refractivity (Wildman–Crippen MR) is 155 cm³/mol. The maximum absolute atomic E-state index is 13.6. The molecule has 1 unspecified atom stereocenters. The summed E-state index contributed by atoms with van der Waals surface area (Å²) >= 11 is 0. The van der Waals surface area contributed by atoms with Crippen LogP contribution in [-0.2, 0) is 26.8 Å². The highest BCUT2D eigenvalue weighted by molar-refractivity contribution is 7.91. The number of aryl methyl sites for hydroxylation is 1. The Labute approximate surface area is 239 Å². The molecule has 8 nitrogen and oxygen atoms in total. The summed E-state index contributed by atoms with van der Waals surface area (Å²) in [4.78, 5) is 34.4. The van der Waals surface area contributed by atoms with E-state index in [9.17, 15) is 22.4 Å². The Kier molecular flexibility index (Phi) is 7.46. The molecular formula is C31H35FN4O4S. The number of carbonyl (C=O) groups excluding carboxylic acids is 2. The number of H-pyrrole nitrogens is 1. The largest absolute Gasteiger partial charge is 0.358 e. The van der Waals surface area contributed by atoms with E-state index in [1.807, 2.05) is 11.8 Å². The van der Waals surface area contributed by atoms with Gasteiger partial charge < -0.3 is 20.1 Å². The van der Waals surface area contributed by atoms with Crippen LogP contribution in [0.25, 0.3) is 6.08 Å². The lowest BCUT2D eigenvalue weighted by Crippen LogP contribution is -2.38. The van der Waals surface area contributed by atoms with Gasteiger partial charge in [-0.05, 0) is 81.5 Å². The van der Waals surface area contributed by atoms with Gasteiger partial charge in [-0.2, -0.15) is 0 Å². The zero-order valence-electron chi connectivity index (χ0n) is 23.2. The van der Waals surface area contributed by atoms with Gasteiger partial charge in [0, 0.05) is 42.3 Å². The number of nitrogens with zero attached hydrogens (tertiary/aromatic N) is 2. The van der Waals surface area contributed by atoms with Crippen LogP contribution in [0.3, 0.4) is 0 Å². The Morgan fingerprint density at radius 3 is 2.56 bits per heavy atom. The van der Waals surface area contributed by atoms with Gasteiger partial charge in [-0.1, -0.05) is 24.3 Å². The number of nitrogens with one attached hydrogen (secondary N) is 2. The Balaban J connectivity index is 1.26. The summed E-state index contributed by atoms with van der Waals surface area (Å²) in [6.07, 6.45) is 9.42. The molecule has 1 aliphatic carbocycles. The van der Waals surface area contributed by atoms with Crippen molar-refractivity contribution >= 4 is 27.7 Å². The fourth-order valence-corrected chi connectivity index (χ4v) is 7.90. The minimum absolute atomic E-state index is 0.0235. The minimum Gasteiger partial charge on any atom is -0.358 e. The van der Waals surface area contributed by atoms with Gasteiger partial charge in [-0.15, -0.1) is 0 Å². The van der Waals surface area contributed by atoms with Gasteiger partial charge in [-0.3, -0.25) is 9.59 Å². The number of aromatic amines is 1. The molecule has 1 atom stereocenters. The summed E-state index contributed by atoms with van der Waals surface area (Å²) in [5.74, 6) is -0.918. The van der Waals surface area contributed by atoms with Crippen molar-refractivity contribution in [1.82, 2.24) is 20.1 Å². The Morgan fingerprint density at radius 2 is 1.80 bits per heavy atom. The van der Waals surface area contributed by atoms with Crippen molar-refractivity contribution in [2.75, 3.05) is 32.7 Å². The maximum atomic E-state index is 13.6. The van der Waals surface area contributed by atoms with Gasteiger partial charge in [0.1, 0.15) is 5.82 Å². The third kappa shape index (κ3) is 5.55. The SMILES string of the molecule is Cc1c(/C=C2\C(=O)NC3=CCC(S(=O)(=O)Cc4ccc(F)cc4)C=C32)[nH]c2c1C(=O)N(CCN1CCCC1)CCC2. The maximum Gasteiger partial charge on any atom is 0.256 e. The number of allylic oxidation sites excluding steroid dienone is 2. The first-order chi connectivity index (χ1) is 19.7. The highest BCUT2D eigenvalue weighted by Gasteiger charge is 2.35. The lowest BCUT2D eigenvalue weighted by atomic mass is 9.98. The lowest BCUT2D eigenvalue weighted by molar-refractivity contribution is -0.115. The van der Waals surface area contributed by atoms with Crippen molar-refractivity contribution in [2.45, 2.75) is 50.0 Å². The van der Waals surface area contributed by atoms with Crippen LogP contribution >= 0.6 is 0 Å². The normalized spacial score (nSPS) is 22.3. The molecule has 0 radical (unpaired) electrons. The summed E-state index contributed by atoms with van der Waals surface area (Å²) in [5, 5.41) is 2.05. The molecule has 4 aliphatic rings. The average Bonchev–Trinajstić information content (AvgIpc) is 3.62. The number of sulfone groups is 1. The molecule has 41 heavy (non-hydrogen) atoms. The van der Waals surface area contributed by atoms with Crippen LogP contribution in [0, 0.1) is 12.7 Å². The third-order valence-electron chi connectivity index (χ3n) is 8.62. The molecule has 0 saturated carbocycles. The number of amides is 2. The first-order valence-corrected chi connectivity index (χ1v) is 16.1. The molecule has 4 heterocycles. The van der Waals surface area contributed by atoms with Crippen molar-refractivity contribution in [2.24, 2.45) is 0 Å². The van der Waals surface area contributed by atoms with Crippen LogP contribution in [-0.4, -0.2) is 73.0 Å². The number of rotatable bonds is 7. The number of likely N-dealkylation sites (tertiary alicyclic amines) is 1. The van der Waals surface area contributed by atoms with Gasteiger partial charge >= 0.3 is 0 Å². The summed E-state index contributed by atoms with van der Waals surface area (Å²) in [6, 6.07) is 5.45. The smallest absolute Gasteiger partial charge is 0.256 e. The Bertz CT molecular complexity index is 1580. The minimum atomic E-state index is -3.61.